The second-order valence-electron chi connectivity index (χ2n) is 10.8. The number of carbonyl (C=O) groups excluding carboxylic acids is 1. The first-order valence-electron chi connectivity index (χ1n) is 12.0. The molecule has 2 N–H and O–H groups in total. The quantitative estimate of drug-likeness (QED) is 0.314. The van der Waals surface area contributed by atoms with Crippen molar-refractivity contribution < 1.29 is 9.90 Å². The third kappa shape index (κ3) is 4.16. The Bertz CT molecular complexity index is 1260. The first-order valence-corrected chi connectivity index (χ1v) is 12.0. The van der Waals surface area contributed by atoms with Crippen molar-refractivity contribution in [3.63, 3.8) is 0 Å². The Labute approximate surface area is 203 Å². The molecule has 1 aliphatic rings. The molecule has 1 aliphatic carbocycles. The van der Waals surface area contributed by atoms with Crippen molar-refractivity contribution in [3.05, 3.63) is 94.0 Å². The van der Waals surface area contributed by atoms with E-state index in [1.807, 2.05) is 24.3 Å². The fourth-order valence-electron chi connectivity index (χ4n) is 5.37. The van der Waals surface area contributed by atoms with Gasteiger partial charge in [0.25, 0.3) is 5.91 Å². The van der Waals surface area contributed by atoms with Crippen molar-refractivity contribution in [3.8, 4) is 5.75 Å². The summed E-state index contributed by atoms with van der Waals surface area (Å²) in [6, 6.07) is 18.9. The molecule has 1 atom stereocenters. The number of hydrogen-bond donors (Lipinski definition) is 2. The summed E-state index contributed by atoms with van der Waals surface area (Å²) in [6.07, 6.45) is 2.19. The van der Waals surface area contributed by atoms with E-state index in [0.29, 0.717) is 17.2 Å². The molecule has 3 aromatic carbocycles. The number of amides is 1. The topological polar surface area (TPSA) is 49.3 Å². The fourth-order valence-corrected chi connectivity index (χ4v) is 5.37. The minimum atomic E-state index is -0.175. The molecule has 0 aromatic heterocycles. The minimum absolute atomic E-state index is 0.133. The summed E-state index contributed by atoms with van der Waals surface area (Å²) in [7, 11) is 0. The van der Waals surface area contributed by atoms with E-state index >= 15 is 0 Å². The van der Waals surface area contributed by atoms with E-state index < -0.39 is 0 Å². The van der Waals surface area contributed by atoms with Crippen LogP contribution in [0.4, 0.5) is 5.69 Å². The average Bonchev–Trinajstić information content (AvgIpc) is 2.92. The molecule has 34 heavy (non-hydrogen) atoms. The predicted molar refractivity (Wildman–Crippen MR) is 142 cm³/mol. The molecule has 3 aromatic rings. The summed E-state index contributed by atoms with van der Waals surface area (Å²) in [5.74, 6) is 0.561. The van der Waals surface area contributed by atoms with Gasteiger partial charge in [-0.1, -0.05) is 65.0 Å². The van der Waals surface area contributed by atoms with E-state index in [0.717, 1.165) is 5.56 Å². The van der Waals surface area contributed by atoms with E-state index in [1.54, 1.807) is 24.3 Å². The van der Waals surface area contributed by atoms with Gasteiger partial charge in [-0.15, -0.1) is 0 Å². The number of benzene rings is 3. The second-order valence-corrected chi connectivity index (χ2v) is 10.8. The van der Waals surface area contributed by atoms with Crippen molar-refractivity contribution in [1.82, 2.24) is 0 Å². The SMILES string of the molecule is CC(=Cc1ccc(C(=O)Nc2ccc(O)cc2)cc1)c1cc2c(cc1C)C(C)(C)C(C)C2(C)C. The standard InChI is InChI=1S/C31H35NO2/c1-19(26-18-28-27(17-20(26)2)30(4,5)21(3)31(28,6)7)16-22-8-10-23(11-9-22)29(34)32-24-12-14-25(33)15-13-24/h8-18,21,33H,1-7H3,(H,32,34). The lowest BCUT2D eigenvalue weighted by Gasteiger charge is -2.32. The molecule has 0 aliphatic heterocycles. The van der Waals surface area contributed by atoms with E-state index in [4.69, 9.17) is 0 Å². The third-order valence-corrected chi connectivity index (χ3v) is 8.02. The Kier molecular flexibility index (Phi) is 5.93. The number of carbonyl (C=O) groups is 1. The third-order valence-electron chi connectivity index (χ3n) is 8.02. The van der Waals surface area contributed by atoms with Gasteiger partial charge in [0.1, 0.15) is 5.75 Å². The minimum Gasteiger partial charge on any atom is -0.508 e. The van der Waals surface area contributed by atoms with Gasteiger partial charge in [-0.2, -0.15) is 0 Å². The molecule has 0 saturated heterocycles. The van der Waals surface area contributed by atoms with Crippen LogP contribution in [0.5, 0.6) is 5.75 Å². The summed E-state index contributed by atoms with van der Waals surface area (Å²) in [4.78, 5) is 12.6. The first kappa shape index (κ1) is 23.8. The number of anilines is 1. The molecule has 0 heterocycles. The van der Waals surface area contributed by atoms with Gasteiger partial charge in [0.2, 0.25) is 0 Å². The Morgan fingerprint density at radius 1 is 0.912 bits per heavy atom. The zero-order valence-electron chi connectivity index (χ0n) is 21.3. The number of allylic oxidation sites excluding steroid dienone is 1. The van der Waals surface area contributed by atoms with Crippen LogP contribution in [0, 0.1) is 12.8 Å². The normalized spacial score (nSPS) is 18.4. The van der Waals surface area contributed by atoms with Crippen molar-refractivity contribution in [2.24, 2.45) is 5.92 Å². The second kappa shape index (κ2) is 8.47. The molecule has 3 nitrogen and oxygen atoms in total. The van der Waals surface area contributed by atoms with Crippen LogP contribution in [0.3, 0.4) is 0 Å². The fraction of sp³-hybridized carbons (Fsp3) is 0.323. The summed E-state index contributed by atoms with van der Waals surface area (Å²) in [6.45, 7) is 16.2. The van der Waals surface area contributed by atoms with Gasteiger partial charge >= 0.3 is 0 Å². The van der Waals surface area contributed by atoms with Crippen LogP contribution >= 0.6 is 0 Å². The van der Waals surface area contributed by atoms with Gasteiger partial charge in [-0.25, -0.2) is 0 Å². The van der Waals surface area contributed by atoms with Gasteiger partial charge in [0.15, 0.2) is 0 Å². The van der Waals surface area contributed by atoms with Gasteiger partial charge in [0, 0.05) is 11.3 Å². The summed E-state index contributed by atoms with van der Waals surface area (Å²) < 4.78 is 0. The van der Waals surface area contributed by atoms with Crippen LogP contribution in [0.25, 0.3) is 11.6 Å². The molecular formula is C31H35NO2. The lowest BCUT2D eigenvalue weighted by molar-refractivity contribution is 0.102. The lowest BCUT2D eigenvalue weighted by Crippen LogP contribution is -2.30. The molecule has 4 rings (SSSR count). The molecule has 3 heteroatoms. The highest BCUT2D eigenvalue weighted by atomic mass is 16.3. The van der Waals surface area contributed by atoms with E-state index in [9.17, 15) is 9.90 Å². The number of nitrogens with one attached hydrogen (secondary N) is 1. The van der Waals surface area contributed by atoms with Crippen molar-refractivity contribution in [2.45, 2.75) is 59.3 Å². The molecule has 0 radical (unpaired) electrons. The van der Waals surface area contributed by atoms with Gasteiger partial charge < -0.3 is 10.4 Å². The molecule has 176 valence electrons. The zero-order chi connectivity index (χ0) is 24.8. The number of phenolic OH excluding ortho intramolecular Hbond substituents is 1. The number of phenols is 1. The maximum absolute atomic E-state index is 12.6. The maximum atomic E-state index is 12.6. The number of fused-ring (bicyclic) bond motifs is 1. The maximum Gasteiger partial charge on any atom is 0.255 e. The van der Waals surface area contributed by atoms with Crippen molar-refractivity contribution in [2.75, 3.05) is 5.32 Å². The van der Waals surface area contributed by atoms with Crippen LogP contribution in [-0.2, 0) is 10.8 Å². The monoisotopic (exact) mass is 453 g/mol. The molecule has 1 unspecified atom stereocenters. The van der Waals surface area contributed by atoms with Crippen LogP contribution < -0.4 is 5.32 Å². The highest BCUT2D eigenvalue weighted by molar-refractivity contribution is 6.04. The highest BCUT2D eigenvalue weighted by Crippen LogP contribution is 2.54. The van der Waals surface area contributed by atoms with Gasteiger partial charge in [0.05, 0.1) is 0 Å². The molecule has 0 spiro atoms. The Balaban J connectivity index is 1.58. The summed E-state index contributed by atoms with van der Waals surface area (Å²) >= 11 is 0. The zero-order valence-corrected chi connectivity index (χ0v) is 21.3. The largest absolute Gasteiger partial charge is 0.508 e. The molecule has 0 saturated carbocycles. The van der Waals surface area contributed by atoms with Crippen LogP contribution in [0.15, 0.2) is 60.7 Å². The Morgan fingerprint density at radius 2 is 1.47 bits per heavy atom. The van der Waals surface area contributed by atoms with E-state index in [1.165, 1.54) is 27.8 Å². The Hall–Kier alpha value is -3.33. The average molecular weight is 454 g/mol. The highest BCUT2D eigenvalue weighted by Gasteiger charge is 2.48. The Morgan fingerprint density at radius 3 is 2.06 bits per heavy atom. The number of rotatable bonds is 4. The number of aryl methyl sites for hydroxylation is 1. The van der Waals surface area contributed by atoms with Gasteiger partial charge in [-0.3, -0.25) is 4.79 Å². The predicted octanol–water partition coefficient (Wildman–Crippen LogP) is 7.72. The molecule has 0 fully saturated rings. The van der Waals surface area contributed by atoms with Crippen LogP contribution in [-0.4, -0.2) is 11.0 Å². The molecular weight excluding hydrogens is 418 g/mol. The summed E-state index contributed by atoms with van der Waals surface area (Å²) in [5.41, 5.74) is 9.33. The lowest BCUT2D eigenvalue weighted by atomic mass is 9.71. The molecule has 0 bridgehead atoms. The number of aromatic hydroxyl groups is 1. The first-order chi connectivity index (χ1) is 15.9. The van der Waals surface area contributed by atoms with Crippen molar-refractivity contribution in [1.29, 1.82) is 0 Å². The van der Waals surface area contributed by atoms with Crippen molar-refractivity contribution >= 4 is 23.2 Å². The smallest absolute Gasteiger partial charge is 0.255 e. The van der Waals surface area contributed by atoms with E-state index in [2.05, 4.69) is 72.0 Å². The molecule has 1 amide bonds. The van der Waals surface area contributed by atoms with Crippen LogP contribution in [0.2, 0.25) is 0 Å². The van der Waals surface area contributed by atoms with Gasteiger partial charge in [-0.05, 0) is 100 Å². The summed E-state index contributed by atoms with van der Waals surface area (Å²) in [5, 5.41) is 12.3. The number of hydrogen-bond acceptors (Lipinski definition) is 2. The van der Waals surface area contributed by atoms with E-state index in [-0.39, 0.29) is 22.5 Å². The van der Waals surface area contributed by atoms with Crippen LogP contribution in [0.1, 0.15) is 79.7 Å².